The number of nitrogens with one attached hydrogen (secondary N) is 1. The number of anilines is 1. The Hall–Kier alpha value is -2.01. The van der Waals surface area contributed by atoms with E-state index in [1.54, 1.807) is 6.20 Å². The summed E-state index contributed by atoms with van der Waals surface area (Å²) in [7, 11) is 0. The number of aryl methyl sites for hydroxylation is 1. The van der Waals surface area contributed by atoms with Gasteiger partial charge in [0, 0.05) is 18.0 Å². The first-order chi connectivity index (χ1) is 10.1. The molecule has 0 aromatic carbocycles. The van der Waals surface area contributed by atoms with E-state index in [0.29, 0.717) is 11.7 Å². The first kappa shape index (κ1) is 15.4. The Bertz CT molecular complexity index is 572. The van der Waals surface area contributed by atoms with E-state index >= 15 is 0 Å². The molecular formula is C16H22N4O. The quantitative estimate of drug-likeness (QED) is 0.854. The van der Waals surface area contributed by atoms with Crippen LogP contribution in [0.4, 0.5) is 5.82 Å². The van der Waals surface area contributed by atoms with Crippen LogP contribution >= 0.6 is 0 Å². The van der Waals surface area contributed by atoms with Crippen LogP contribution in [0.5, 0.6) is 0 Å². The van der Waals surface area contributed by atoms with Gasteiger partial charge in [-0.25, -0.2) is 9.97 Å². The third kappa shape index (κ3) is 3.98. The van der Waals surface area contributed by atoms with Crippen molar-refractivity contribution < 1.29 is 5.11 Å². The van der Waals surface area contributed by atoms with Crippen LogP contribution in [-0.4, -0.2) is 32.7 Å². The molecule has 2 aromatic rings. The van der Waals surface area contributed by atoms with E-state index in [1.165, 1.54) is 0 Å². The summed E-state index contributed by atoms with van der Waals surface area (Å²) in [5.41, 5.74) is 1.70. The van der Waals surface area contributed by atoms with Crippen molar-refractivity contribution in [3.8, 4) is 11.5 Å². The lowest BCUT2D eigenvalue weighted by Gasteiger charge is -2.21. The zero-order valence-electron chi connectivity index (χ0n) is 12.7. The fraction of sp³-hybridized carbons (Fsp3) is 0.438. The van der Waals surface area contributed by atoms with Gasteiger partial charge >= 0.3 is 0 Å². The highest BCUT2D eigenvalue weighted by Gasteiger charge is 2.14. The summed E-state index contributed by atoms with van der Waals surface area (Å²) < 4.78 is 0. The Morgan fingerprint density at radius 2 is 2.05 bits per heavy atom. The molecule has 0 fully saturated rings. The molecule has 2 rings (SSSR count). The molecule has 0 aliphatic rings. The second-order valence-electron chi connectivity index (χ2n) is 5.31. The fourth-order valence-corrected chi connectivity index (χ4v) is 1.98. The Morgan fingerprint density at radius 1 is 1.24 bits per heavy atom. The van der Waals surface area contributed by atoms with Crippen molar-refractivity contribution in [2.45, 2.75) is 33.2 Å². The van der Waals surface area contributed by atoms with E-state index in [2.05, 4.69) is 41.0 Å². The van der Waals surface area contributed by atoms with E-state index in [0.717, 1.165) is 23.6 Å². The van der Waals surface area contributed by atoms with Crippen molar-refractivity contribution in [1.29, 1.82) is 0 Å². The first-order valence-corrected chi connectivity index (χ1v) is 7.30. The van der Waals surface area contributed by atoms with Gasteiger partial charge in [-0.05, 0) is 24.5 Å². The van der Waals surface area contributed by atoms with Crippen LogP contribution in [0.25, 0.3) is 11.5 Å². The van der Waals surface area contributed by atoms with Gasteiger partial charge in [0.2, 0.25) is 0 Å². The van der Waals surface area contributed by atoms with Crippen LogP contribution in [-0.2, 0) is 6.42 Å². The predicted molar refractivity (Wildman–Crippen MR) is 84.0 cm³/mol. The van der Waals surface area contributed by atoms with Crippen molar-refractivity contribution in [3.63, 3.8) is 0 Å². The maximum absolute atomic E-state index is 9.45. The average molecular weight is 286 g/mol. The second-order valence-corrected chi connectivity index (χ2v) is 5.31. The zero-order valence-corrected chi connectivity index (χ0v) is 12.7. The highest BCUT2D eigenvalue weighted by atomic mass is 16.3. The van der Waals surface area contributed by atoms with Gasteiger partial charge in [-0.1, -0.05) is 26.8 Å². The maximum Gasteiger partial charge on any atom is 0.180 e. The van der Waals surface area contributed by atoms with Crippen molar-refractivity contribution >= 4 is 5.82 Å². The number of aliphatic hydroxyl groups is 1. The minimum Gasteiger partial charge on any atom is -0.394 e. The van der Waals surface area contributed by atoms with Crippen LogP contribution in [0.2, 0.25) is 0 Å². The summed E-state index contributed by atoms with van der Waals surface area (Å²) in [6.45, 7) is 6.26. The molecule has 0 aliphatic heterocycles. The first-order valence-electron chi connectivity index (χ1n) is 7.30. The van der Waals surface area contributed by atoms with Gasteiger partial charge < -0.3 is 10.4 Å². The van der Waals surface area contributed by atoms with Crippen LogP contribution in [0.3, 0.4) is 0 Å². The van der Waals surface area contributed by atoms with Crippen LogP contribution < -0.4 is 5.32 Å². The van der Waals surface area contributed by atoms with Crippen molar-refractivity contribution in [2.24, 2.45) is 5.92 Å². The van der Waals surface area contributed by atoms with E-state index in [9.17, 15) is 5.11 Å². The minimum atomic E-state index is -0.0267. The van der Waals surface area contributed by atoms with Gasteiger partial charge in [0.1, 0.15) is 11.5 Å². The molecule has 0 unspecified atom stereocenters. The summed E-state index contributed by atoms with van der Waals surface area (Å²) >= 11 is 0. The number of aliphatic hydroxyl groups excluding tert-OH is 1. The molecule has 0 saturated heterocycles. The maximum atomic E-state index is 9.45. The molecule has 2 aromatic heterocycles. The lowest BCUT2D eigenvalue weighted by Crippen LogP contribution is -2.30. The van der Waals surface area contributed by atoms with Crippen molar-refractivity contribution in [2.75, 3.05) is 11.9 Å². The van der Waals surface area contributed by atoms with Crippen molar-refractivity contribution in [3.05, 3.63) is 36.2 Å². The molecule has 21 heavy (non-hydrogen) atoms. The normalized spacial score (nSPS) is 12.4. The number of hydrogen-bond acceptors (Lipinski definition) is 5. The Labute approximate surface area is 125 Å². The molecule has 112 valence electrons. The Kier molecular flexibility index (Phi) is 5.22. The van der Waals surface area contributed by atoms with Gasteiger partial charge in [-0.2, -0.15) is 0 Å². The molecule has 2 N–H and O–H groups in total. The minimum absolute atomic E-state index is 0.0267. The molecule has 0 saturated carbocycles. The van der Waals surface area contributed by atoms with Gasteiger partial charge in [0.15, 0.2) is 5.82 Å². The van der Waals surface area contributed by atoms with E-state index in [-0.39, 0.29) is 12.6 Å². The van der Waals surface area contributed by atoms with Gasteiger partial charge in [-0.3, -0.25) is 4.98 Å². The highest BCUT2D eigenvalue weighted by molar-refractivity contribution is 5.53. The number of pyridine rings is 1. The third-order valence-corrected chi connectivity index (χ3v) is 3.37. The topological polar surface area (TPSA) is 70.9 Å². The van der Waals surface area contributed by atoms with Crippen LogP contribution in [0.15, 0.2) is 30.5 Å². The molecule has 0 radical (unpaired) electrons. The molecule has 5 heteroatoms. The standard InChI is InChI=1S/C16H22N4O/c1-4-12-9-15(19-14(10-21)11(2)3)20-16(18-12)13-7-5-6-8-17-13/h5-9,11,14,21H,4,10H2,1-3H3,(H,18,19,20)/t14-/m1/s1. The van der Waals surface area contributed by atoms with E-state index in [4.69, 9.17) is 0 Å². The summed E-state index contributed by atoms with van der Waals surface area (Å²) in [5, 5.41) is 12.7. The Morgan fingerprint density at radius 3 is 2.62 bits per heavy atom. The zero-order chi connectivity index (χ0) is 15.2. The number of rotatable bonds is 6. The molecular weight excluding hydrogens is 264 g/mol. The second kappa shape index (κ2) is 7.13. The molecule has 0 bridgehead atoms. The predicted octanol–water partition coefficient (Wildman–Crippen LogP) is 2.53. The van der Waals surface area contributed by atoms with Gasteiger partial charge in [0.05, 0.1) is 12.6 Å². The SMILES string of the molecule is CCc1cc(N[C@H](CO)C(C)C)nc(-c2ccccn2)n1. The lowest BCUT2D eigenvalue weighted by atomic mass is 10.1. The number of nitrogens with zero attached hydrogens (tertiary/aromatic N) is 3. The average Bonchev–Trinajstić information content (AvgIpc) is 2.52. The Balaban J connectivity index is 2.34. The molecule has 2 heterocycles. The largest absolute Gasteiger partial charge is 0.394 e. The molecule has 5 nitrogen and oxygen atoms in total. The van der Waals surface area contributed by atoms with Crippen molar-refractivity contribution in [1.82, 2.24) is 15.0 Å². The van der Waals surface area contributed by atoms with Gasteiger partial charge in [0.25, 0.3) is 0 Å². The number of hydrogen-bond donors (Lipinski definition) is 2. The lowest BCUT2D eigenvalue weighted by molar-refractivity contribution is 0.249. The smallest absolute Gasteiger partial charge is 0.180 e. The fourth-order valence-electron chi connectivity index (χ4n) is 1.98. The molecule has 0 aliphatic carbocycles. The summed E-state index contributed by atoms with van der Waals surface area (Å²) in [4.78, 5) is 13.3. The molecule has 0 amide bonds. The van der Waals surface area contributed by atoms with Crippen LogP contribution in [0, 0.1) is 5.92 Å². The molecule has 0 spiro atoms. The monoisotopic (exact) mass is 286 g/mol. The summed E-state index contributed by atoms with van der Waals surface area (Å²) in [6.07, 6.45) is 2.55. The highest BCUT2D eigenvalue weighted by Crippen LogP contribution is 2.18. The summed E-state index contributed by atoms with van der Waals surface area (Å²) in [5.74, 6) is 1.65. The van der Waals surface area contributed by atoms with E-state index < -0.39 is 0 Å². The van der Waals surface area contributed by atoms with Crippen LogP contribution in [0.1, 0.15) is 26.5 Å². The van der Waals surface area contributed by atoms with E-state index in [1.807, 2.05) is 24.3 Å². The van der Waals surface area contributed by atoms with Gasteiger partial charge in [-0.15, -0.1) is 0 Å². The summed E-state index contributed by atoms with van der Waals surface area (Å²) in [6, 6.07) is 7.58. The number of aromatic nitrogens is 3. The molecule has 1 atom stereocenters. The third-order valence-electron chi connectivity index (χ3n) is 3.37.